The van der Waals surface area contributed by atoms with Gasteiger partial charge in [0.15, 0.2) is 0 Å². The van der Waals surface area contributed by atoms with Crippen LogP contribution in [0.5, 0.6) is 0 Å². The number of hydrogen-bond donors (Lipinski definition) is 1. The molecule has 0 unspecified atom stereocenters. The van der Waals surface area contributed by atoms with Crippen molar-refractivity contribution >= 4 is 17.2 Å². The summed E-state index contributed by atoms with van der Waals surface area (Å²) in [4.78, 5) is 18.7. The van der Waals surface area contributed by atoms with Gasteiger partial charge >= 0.3 is 0 Å². The molecule has 2 N–H and O–H groups in total. The van der Waals surface area contributed by atoms with E-state index in [9.17, 15) is 4.79 Å². The third kappa shape index (κ3) is 3.53. The molecule has 5 heteroatoms. The van der Waals surface area contributed by atoms with E-state index in [-0.39, 0.29) is 5.91 Å². The molecule has 0 saturated carbocycles. The fourth-order valence-electron chi connectivity index (χ4n) is 2.26. The van der Waals surface area contributed by atoms with Crippen molar-refractivity contribution < 1.29 is 4.79 Å². The second kappa shape index (κ2) is 6.85. The van der Waals surface area contributed by atoms with Crippen molar-refractivity contribution in [2.75, 3.05) is 19.6 Å². The summed E-state index contributed by atoms with van der Waals surface area (Å²) in [5.74, 6) is 0.0939. The summed E-state index contributed by atoms with van der Waals surface area (Å²) < 4.78 is 0. The highest BCUT2D eigenvalue weighted by molar-refractivity contribution is 7.09. The molecular weight excluding hydrogens is 246 g/mol. The van der Waals surface area contributed by atoms with Crippen LogP contribution >= 0.6 is 11.3 Å². The Labute approximate surface area is 112 Å². The molecule has 4 nitrogen and oxygen atoms in total. The summed E-state index contributed by atoms with van der Waals surface area (Å²) >= 11 is 1.54. The van der Waals surface area contributed by atoms with E-state index in [1.54, 1.807) is 0 Å². The highest BCUT2D eigenvalue weighted by Crippen LogP contribution is 2.16. The lowest BCUT2D eigenvalue weighted by Crippen LogP contribution is -2.34. The van der Waals surface area contributed by atoms with Gasteiger partial charge in [-0.15, -0.1) is 11.3 Å². The van der Waals surface area contributed by atoms with Crippen molar-refractivity contribution in [1.29, 1.82) is 0 Å². The van der Waals surface area contributed by atoms with Crippen molar-refractivity contribution in [2.24, 2.45) is 5.73 Å². The largest absolute Gasteiger partial charge is 0.337 e. The van der Waals surface area contributed by atoms with Crippen molar-refractivity contribution in [1.82, 2.24) is 9.88 Å². The topological polar surface area (TPSA) is 59.2 Å². The molecule has 0 aromatic carbocycles. The third-order valence-electron chi connectivity index (χ3n) is 3.27. The number of aromatic nitrogens is 1. The molecule has 2 heterocycles. The Bertz CT molecular complexity index is 383. The Balaban J connectivity index is 1.99. The van der Waals surface area contributed by atoms with E-state index in [1.165, 1.54) is 30.6 Å². The minimum atomic E-state index is 0.0939. The molecule has 0 radical (unpaired) electrons. The third-order valence-corrected chi connectivity index (χ3v) is 4.18. The quantitative estimate of drug-likeness (QED) is 0.912. The maximum atomic E-state index is 12.3. The van der Waals surface area contributed by atoms with Gasteiger partial charge in [-0.25, -0.2) is 4.98 Å². The first-order valence-corrected chi connectivity index (χ1v) is 7.63. The van der Waals surface area contributed by atoms with Gasteiger partial charge in [0.05, 0.1) is 5.01 Å². The van der Waals surface area contributed by atoms with Crippen LogP contribution in [-0.4, -0.2) is 35.4 Å². The normalized spacial score (nSPS) is 17.3. The number of nitrogens with zero attached hydrogens (tertiary/aromatic N) is 2. The van der Waals surface area contributed by atoms with Gasteiger partial charge in [0.25, 0.3) is 5.91 Å². The standard InChI is InChI=1S/C13H21N3OS/c14-7-6-12-15-11(10-18-12)13(17)16-8-4-2-1-3-5-9-16/h10H,1-9,14H2. The van der Waals surface area contributed by atoms with E-state index < -0.39 is 0 Å². The average Bonchev–Trinajstić information content (AvgIpc) is 2.77. The van der Waals surface area contributed by atoms with Crippen molar-refractivity contribution in [3.05, 3.63) is 16.1 Å². The summed E-state index contributed by atoms with van der Waals surface area (Å²) in [6, 6.07) is 0. The number of rotatable bonds is 3. The molecule has 1 fully saturated rings. The summed E-state index contributed by atoms with van der Waals surface area (Å²) in [5.41, 5.74) is 6.10. The Hall–Kier alpha value is -0.940. The summed E-state index contributed by atoms with van der Waals surface area (Å²) in [7, 11) is 0. The van der Waals surface area contributed by atoms with E-state index in [0.29, 0.717) is 12.2 Å². The highest BCUT2D eigenvalue weighted by atomic mass is 32.1. The zero-order valence-electron chi connectivity index (χ0n) is 10.7. The van der Waals surface area contributed by atoms with Gasteiger partial charge in [-0.05, 0) is 19.4 Å². The molecule has 0 aliphatic carbocycles. The lowest BCUT2D eigenvalue weighted by atomic mass is 10.1. The SMILES string of the molecule is NCCc1nc(C(=O)N2CCCCCCC2)cs1. The predicted molar refractivity (Wildman–Crippen MR) is 73.9 cm³/mol. The van der Waals surface area contributed by atoms with Crippen molar-refractivity contribution in [2.45, 2.75) is 38.5 Å². The fraction of sp³-hybridized carbons (Fsp3) is 0.692. The van der Waals surface area contributed by atoms with Crippen LogP contribution in [0.25, 0.3) is 0 Å². The minimum Gasteiger partial charge on any atom is -0.337 e. The van der Waals surface area contributed by atoms with E-state index in [4.69, 9.17) is 5.73 Å². The summed E-state index contributed by atoms with van der Waals surface area (Å²) in [6.07, 6.45) is 6.77. The van der Waals surface area contributed by atoms with Crippen LogP contribution in [0.4, 0.5) is 0 Å². The molecule has 0 bridgehead atoms. The second-order valence-electron chi connectivity index (χ2n) is 4.73. The maximum absolute atomic E-state index is 12.3. The molecule has 1 aliphatic heterocycles. The Morgan fingerprint density at radius 1 is 1.28 bits per heavy atom. The van der Waals surface area contributed by atoms with E-state index in [2.05, 4.69) is 4.98 Å². The first-order chi connectivity index (χ1) is 8.81. The molecule has 1 aromatic heterocycles. The number of hydrogen-bond acceptors (Lipinski definition) is 4. The zero-order valence-corrected chi connectivity index (χ0v) is 11.5. The van der Waals surface area contributed by atoms with Gasteiger partial charge in [-0.1, -0.05) is 19.3 Å². The van der Waals surface area contributed by atoms with Crippen LogP contribution in [0.1, 0.15) is 47.6 Å². The van der Waals surface area contributed by atoms with E-state index in [1.807, 2.05) is 10.3 Å². The second-order valence-corrected chi connectivity index (χ2v) is 5.67. The van der Waals surface area contributed by atoms with E-state index in [0.717, 1.165) is 37.4 Å². The van der Waals surface area contributed by atoms with Crippen LogP contribution < -0.4 is 5.73 Å². The lowest BCUT2D eigenvalue weighted by molar-refractivity contribution is 0.0737. The van der Waals surface area contributed by atoms with Gasteiger partial charge in [-0.2, -0.15) is 0 Å². The van der Waals surface area contributed by atoms with Gasteiger partial charge in [0.2, 0.25) is 0 Å². The monoisotopic (exact) mass is 267 g/mol. The predicted octanol–water partition coefficient (Wildman–Crippen LogP) is 2.05. The lowest BCUT2D eigenvalue weighted by Gasteiger charge is -2.23. The molecule has 18 heavy (non-hydrogen) atoms. The molecule has 0 spiro atoms. The van der Waals surface area contributed by atoms with Crippen LogP contribution in [0.2, 0.25) is 0 Å². The summed E-state index contributed by atoms with van der Waals surface area (Å²) in [5, 5.41) is 2.83. The molecular formula is C13H21N3OS. The number of thiazole rings is 1. The number of likely N-dealkylation sites (tertiary alicyclic amines) is 1. The van der Waals surface area contributed by atoms with Gasteiger partial charge in [0, 0.05) is 24.9 Å². The Morgan fingerprint density at radius 2 is 1.94 bits per heavy atom. The van der Waals surface area contributed by atoms with Crippen LogP contribution in [0.15, 0.2) is 5.38 Å². The highest BCUT2D eigenvalue weighted by Gasteiger charge is 2.19. The average molecular weight is 267 g/mol. The number of nitrogens with two attached hydrogens (primary N) is 1. The summed E-state index contributed by atoms with van der Waals surface area (Å²) in [6.45, 7) is 2.34. The first-order valence-electron chi connectivity index (χ1n) is 6.75. The first kappa shape index (κ1) is 13.5. The van der Waals surface area contributed by atoms with Crippen LogP contribution in [0, 0.1) is 0 Å². The van der Waals surface area contributed by atoms with Crippen molar-refractivity contribution in [3.8, 4) is 0 Å². The van der Waals surface area contributed by atoms with Crippen LogP contribution in [0.3, 0.4) is 0 Å². The van der Waals surface area contributed by atoms with Gasteiger partial charge < -0.3 is 10.6 Å². The number of carbonyl (C=O) groups is 1. The Morgan fingerprint density at radius 3 is 2.61 bits per heavy atom. The molecule has 100 valence electrons. The molecule has 1 aromatic rings. The molecule has 1 amide bonds. The molecule has 1 aliphatic rings. The number of carbonyl (C=O) groups excluding carboxylic acids is 1. The van der Waals surface area contributed by atoms with Crippen molar-refractivity contribution in [3.63, 3.8) is 0 Å². The molecule has 0 atom stereocenters. The smallest absolute Gasteiger partial charge is 0.273 e. The van der Waals surface area contributed by atoms with E-state index >= 15 is 0 Å². The zero-order chi connectivity index (χ0) is 12.8. The number of amides is 1. The van der Waals surface area contributed by atoms with Gasteiger partial charge in [-0.3, -0.25) is 4.79 Å². The van der Waals surface area contributed by atoms with Crippen LogP contribution in [-0.2, 0) is 6.42 Å². The minimum absolute atomic E-state index is 0.0939. The van der Waals surface area contributed by atoms with Gasteiger partial charge in [0.1, 0.15) is 5.69 Å². The Kier molecular flexibility index (Phi) is 5.13. The maximum Gasteiger partial charge on any atom is 0.273 e. The fourth-order valence-corrected chi connectivity index (χ4v) is 3.05. The molecule has 1 saturated heterocycles. The molecule has 2 rings (SSSR count).